The van der Waals surface area contributed by atoms with Gasteiger partial charge in [0.1, 0.15) is 0 Å². The van der Waals surface area contributed by atoms with Crippen LogP contribution in [0.3, 0.4) is 0 Å². The second kappa shape index (κ2) is 11.6. The summed E-state index contributed by atoms with van der Waals surface area (Å²) >= 11 is 0. The van der Waals surface area contributed by atoms with Crippen molar-refractivity contribution in [3.63, 3.8) is 0 Å². The molecule has 0 bridgehead atoms. The van der Waals surface area contributed by atoms with Gasteiger partial charge in [0.2, 0.25) is 5.91 Å². The summed E-state index contributed by atoms with van der Waals surface area (Å²) in [6.45, 7) is 19.5. The van der Waals surface area contributed by atoms with Gasteiger partial charge in [-0.25, -0.2) is 0 Å². The van der Waals surface area contributed by atoms with E-state index in [1.54, 1.807) is 13.8 Å². The lowest BCUT2D eigenvalue weighted by Gasteiger charge is -2.64. The number of nitrogens with one attached hydrogen (secondary N) is 1. The van der Waals surface area contributed by atoms with Crippen molar-refractivity contribution < 1.29 is 38.7 Å². The molecular weight excluding hydrogens is 636 g/mol. The van der Waals surface area contributed by atoms with Gasteiger partial charge >= 0.3 is 5.97 Å². The minimum Gasteiger partial charge on any atom is -0.457 e. The van der Waals surface area contributed by atoms with Crippen LogP contribution in [0, 0.1) is 50.7 Å². The van der Waals surface area contributed by atoms with Gasteiger partial charge in [-0.1, -0.05) is 34.6 Å². The fourth-order valence-corrected chi connectivity index (χ4v) is 14.7. The molecule has 3 heterocycles. The number of carbonyl (C=O) groups is 2. The normalized spacial score (nSPS) is 51.7. The number of fused-ring (bicyclic) bond motifs is 4. The highest BCUT2D eigenvalue weighted by atomic mass is 16.7. The van der Waals surface area contributed by atoms with E-state index in [-0.39, 0.29) is 69.4 Å². The zero-order chi connectivity index (χ0) is 35.8. The van der Waals surface area contributed by atoms with Crippen LogP contribution in [0.2, 0.25) is 0 Å². The Morgan fingerprint density at radius 2 is 1.78 bits per heavy atom. The van der Waals surface area contributed by atoms with Crippen molar-refractivity contribution in [3.8, 4) is 0 Å². The fraction of sp³-hybridized carbons (Fsp3) is 0.950. The van der Waals surface area contributed by atoms with Gasteiger partial charge in [0, 0.05) is 25.4 Å². The van der Waals surface area contributed by atoms with Crippen LogP contribution in [-0.4, -0.2) is 102 Å². The number of nitrogens with zero attached hydrogens (tertiary/aromatic N) is 1. The number of carbonyl (C=O) groups excluding carboxylic acids is 2. The summed E-state index contributed by atoms with van der Waals surface area (Å²) in [7, 11) is 0. The van der Waals surface area contributed by atoms with Crippen LogP contribution < -0.4 is 5.32 Å². The average molecular weight is 701 g/mol. The number of ether oxygens (including phenoxy) is 4. The van der Waals surface area contributed by atoms with Crippen LogP contribution in [-0.2, 0) is 28.5 Å². The lowest BCUT2D eigenvalue weighted by atomic mass is 9.41. The van der Waals surface area contributed by atoms with Crippen molar-refractivity contribution in [3.05, 3.63) is 0 Å². The highest BCUT2D eigenvalue weighted by Gasteiger charge is 2.84. The van der Waals surface area contributed by atoms with Crippen LogP contribution >= 0.6 is 0 Å². The minimum absolute atomic E-state index is 0.0132. The Labute approximate surface area is 299 Å². The number of aliphatic hydroxyl groups excluding tert-OH is 1. The van der Waals surface area contributed by atoms with Crippen LogP contribution in [0.5, 0.6) is 0 Å². The zero-order valence-electron chi connectivity index (χ0n) is 31.8. The SMILES string of the molecule is CC(=O)O[C@@H]([C@H]1C[C@@H](C)[C@H]2[C@H](O1)[C@H](O)[C@@]1(C)[C@@H]3CC[C@H]4C(C)(C)[C@@H](O[C@H]5CN([C@H]6CCNC6=O)CCO5)CC[C@@]45C[C@@]35CC[C@]21C)C(C)(C)O. The van der Waals surface area contributed by atoms with E-state index < -0.39 is 29.9 Å². The van der Waals surface area contributed by atoms with Crippen molar-refractivity contribution in [2.24, 2.45) is 50.7 Å². The van der Waals surface area contributed by atoms with Crippen molar-refractivity contribution in [1.82, 2.24) is 10.2 Å². The molecule has 0 aromatic rings. The largest absolute Gasteiger partial charge is 0.457 e. The molecule has 10 nitrogen and oxygen atoms in total. The van der Waals surface area contributed by atoms with E-state index in [2.05, 4.69) is 44.8 Å². The second-order valence-corrected chi connectivity index (χ2v) is 19.8. The van der Waals surface area contributed by atoms with Gasteiger partial charge in [-0.3, -0.25) is 14.5 Å². The average Bonchev–Trinajstić information content (AvgIpc) is 3.44. The van der Waals surface area contributed by atoms with E-state index in [1.165, 1.54) is 19.8 Å². The summed E-state index contributed by atoms with van der Waals surface area (Å²) in [5, 5.41) is 26.6. The van der Waals surface area contributed by atoms with Crippen LogP contribution in [0.1, 0.15) is 113 Å². The minimum atomic E-state index is -1.26. The fourth-order valence-electron chi connectivity index (χ4n) is 14.7. The maximum atomic E-state index is 12.6. The lowest BCUT2D eigenvalue weighted by Crippen LogP contribution is -2.60. The van der Waals surface area contributed by atoms with Gasteiger partial charge in [0.25, 0.3) is 0 Å². The van der Waals surface area contributed by atoms with Crippen molar-refractivity contribution >= 4 is 11.9 Å². The predicted octanol–water partition coefficient (Wildman–Crippen LogP) is 4.43. The first-order valence-corrected chi connectivity index (χ1v) is 19.9. The molecular formula is C40H64N2O8. The molecule has 0 aromatic heterocycles. The molecule has 8 aliphatic rings. The number of rotatable bonds is 6. The molecule has 8 rings (SSSR count). The molecule has 50 heavy (non-hydrogen) atoms. The monoisotopic (exact) mass is 700 g/mol. The highest BCUT2D eigenvalue weighted by Crippen LogP contribution is 2.89. The number of aliphatic hydroxyl groups is 2. The molecule has 3 N–H and O–H groups in total. The number of morpholine rings is 1. The number of hydrogen-bond donors (Lipinski definition) is 3. The van der Waals surface area contributed by atoms with Crippen molar-refractivity contribution in [2.45, 2.75) is 162 Å². The molecule has 15 atom stereocenters. The standard InChI is InChI=1S/C40H64N2O8/c1-22-19-25(33(36(5,6)46)48-23(2)43)49-31-30(22)37(7)14-15-40-21-39(40)13-11-28(35(3,4)26(39)9-10-27(40)38(37,8)32(31)44)50-29-20-42(17-18-47-29)24-12-16-41-34(24)45/h22,24-33,44,46H,9-21H2,1-8H3,(H,41,45)/t22-,24+,25-,26+,27+,28+,29+,30+,31+,32+,33+,37-,38-,39-,40+/m1/s1. The first-order chi connectivity index (χ1) is 23.4. The third-order valence-electron chi connectivity index (χ3n) is 16.9. The molecule has 10 heteroatoms. The molecule has 2 spiro atoms. The molecule has 0 aromatic carbocycles. The third-order valence-corrected chi connectivity index (χ3v) is 16.9. The Morgan fingerprint density at radius 3 is 2.46 bits per heavy atom. The predicted molar refractivity (Wildman–Crippen MR) is 186 cm³/mol. The van der Waals surface area contributed by atoms with Gasteiger partial charge < -0.3 is 34.5 Å². The molecule has 0 unspecified atom stereocenters. The summed E-state index contributed by atoms with van der Waals surface area (Å²) in [6, 6.07) is -0.0709. The number of hydrogen-bond acceptors (Lipinski definition) is 9. The van der Waals surface area contributed by atoms with E-state index in [1.807, 2.05) is 0 Å². The second-order valence-electron chi connectivity index (χ2n) is 19.8. The van der Waals surface area contributed by atoms with Crippen molar-refractivity contribution in [1.29, 1.82) is 0 Å². The first kappa shape index (κ1) is 35.7. The first-order valence-electron chi connectivity index (χ1n) is 19.9. The Hall–Kier alpha value is -1.30. The molecule has 3 saturated heterocycles. The molecule has 282 valence electrons. The van der Waals surface area contributed by atoms with Crippen LogP contribution in [0.4, 0.5) is 0 Å². The Bertz CT molecular complexity index is 1380. The molecule has 1 amide bonds. The Balaban J connectivity index is 1.02. The molecule has 8 fully saturated rings. The van der Waals surface area contributed by atoms with Gasteiger partial charge in [-0.05, 0) is 117 Å². The van der Waals surface area contributed by atoms with Gasteiger partial charge in [0.05, 0.1) is 49.2 Å². The van der Waals surface area contributed by atoms with Crippen molar-refractivity contribution in [2.75, 3.05) is 26.2 Å². The lowest BCUT2D eigenvalue weighted by molar-refractivity contribution is -0.250. The summed E-state index contributed by atoms with van der Waals surface area (Å²) in [6.07, 6.45) is 7.04. The van der Waals surface area contributed by atoms with E-state index >= 15 is 0 Å². The van der Waals surface area contributed by atoms with Gasteiger partial charge in [-0.15, -0.1) is 0 Å². The maximum Gasteiger partial charge on any atom is 0.303 e. The molecule has 0 radical (unpaired) electrons. The van der Waals surface area contributed by atoms with E-state index in [4.69, 9.17) is 18.9 Å². The zero-order valence-corrected chi connectivity index (χ0v) is 31.8. The molecule has 5 saturated carbocycles. The third kappa shape index (κ3) is 4.79. The van der Waals surface area contributed by atoms with E-state index in [9.17, 15) is 19.8 Å². The highest BCUT2D eigenvalue weighted by molar-refractivity contribution is 5.83. The summed E-state index contributed by atoms with van der Waals surface area (Å²) < 4.78 is 25.6. The maximum absolute atomic E-state index is 12.6. The van der Waals surface area contributed by atoms with Crippen LogP contribution in [0.25, 0.3) is 0 Å². The van der Waals surface area contributed by atoms with E-state index in [0.717, 1.165) is 51.6 Å². The quantitative estimate of drug-likeness (QED) is 0.345. The summed E-state index contributed by atoms with van der Waals surface area (Å²) in [5.41, 5.74) is -1.15. The van der Waals surface area contributed by atoms with E-state index in [0.29, 0.717) is 31.4 Å². The number of amides is 1. The smallest absolute Gasteiger partial charge is 0.303 e. The Morgan fingerprint density at radius 1 is 1.06 bits per heavy atom. The molecule has 5 aliphatic carbocycles. The van der Waals surface area contributed by atoms with Gasteiger partial charge in [-0.2, -0.15) is 0 Å². The summed E-state index contributed by atoms with van der Waals surface area (Å²) in [5.74, 6) is 1.13. The molecule has 3 aliphatic heterocycles. The topological polar surface area (TPSA) is 127 Å². The van der Waals surface area contributed by atoms with Crippen LogP contribution in [0.15, 0.2) is 0 Å². The summed E-state index contributed by atoms with van der Waals surface area (Å²) in [4.78, 5) is 26.8. The Kier molecular flexibility index (Phi) is 8.29. The number of esters is 1. The van der Waals surface area contributed by atoms with Gasteiger partial charge in [0.15, 0.2) is 12.4 Å².